The van der Waals surface area contributed by atoms with Crippen molar-refractivity contribution >= 4 is 11.6 Å². The highest BCUT2D eigenvalue weighted by Gasteiger charge is 2.43. The van der Waals surface area contributed by atoms with Gasteiger partial charge >= 0.3 is 0 Å². The average Bonchev–Trinajstić information content (AvgIpc) is 2.19. The summed E-state index contributed by atoms with van der Waals surface area (Å²) in [5.74, 6) is 0.437. The molecule has 1 heterocycles. The van der Waals surface area contributed by atoms with Gasteiger partial charge in [-0.2, -0.15) is 0 Å². The van der Waals surface area contributed by atoms with Crippen molar-refractivity contribution in [3.8, 4) is 0 Å². The quantitative estimate of drug-likeness (QED) is 0.682. The molecule has 0 spiro atoms. The number of rotatable bonds is 1. The first-order valence-corrected chi connectivity index (χ1v) is 5.88. The third-order valence-electron chi connectivity index (χ3n) is 3.78. The van der Waals surface area contributed by atoms with E-state index in [-0.39, 0.29) is 23.3 Å². The van der Waals surface area contributed by atoms with Crippen LogP contribution in [-0.4, -0.2) is 23.3 Å². The lowest BCUT2D eigenvalue weighted by atomic mass is 9.79. The summed E-state index contributed by atoms with van der Waals surface area (Å²) in [5.41, 5.74) is 0.216. The normalized spacial score (nSPS) is 35.0. The first kappa shape index (κ1) is 11.5. The Kier molecular flexibility index (Phi) is 2.74. The molecular formula is C13H18O3. The minimum absolute atomic E-state index is 0.0522. The molecule has 1 saturated heterocycles. The number of hydrogen-bond acceptors (Lipinski definition) is 3. The zero-order valence-electron chi connectivity index (χ0n) is 10.1. The molecule has 3 nitrogen and oxygen atoms in total. The van der Waals surface area contributed by atoms with Gasteiger partial charge in [-0.25, -0.2) is 0 Å². The maximum atomic E-state index is 12.0. The Hall–Kier alpha value is -0.960. The Morgan fingerprint density at radius 3 is 2.75 bits per heavy atom. The lowest BCUT2D eigenvalue weighted by Crippen LogP contribution is -2.48. The number of ketones is 2. The standard InChI is InChI=1S/C13H18O3/c1-8(2)13(3)7-11(15)10-6-9(14)4-5-12(10)16-13/h6,8,12H,4-5,7H2,1-3H3. The van der Waals surface area contributed by atoms with E-state index in [4.69, 9.17) is 4.74 Å². The second-order valence-corrected chi connectivity index (χ2v) is 5.28. The van der Waals surface area contributed by atoms with E-state index < -0.39 is 0 Å². The largest absolute Gasteiger partial charge is 0.366 e. The summed E-state index contributed by atoms with van der Waals surface area (Å²) in [5, 5.41) is 0. The van der Waals surface area contributed by atoms with Crippen LogP contribution in [0.4, 0.5) is 0 Å². The van der Waals surface area contributed by atoms with E-state index in [2.05, 4.69) is 13.8 Å². The van der Waals surface area contributed by atoms with Crippen LogP contribution in [0, 0.1) is 5.92 Å². The molecule has 0 amide bonds. The Bertz CT molecular complexity index is 367. The molecule has 1 aliphatic carbocycles. The van der Waals surface area contributed by atoms with Crippen LogP contribution in [-0.2, 0) is 14.3 Å². The molecule has 0 aromatic carbocycles. The van der Waals surface area contributed by atoms with Crippen LogP contribution in [0.2, 0.25) is 0 Å². The number of hydrogen-bond donors (Lipinski definition) is 0. The Morgan fingerprint density at radius 1 is 1.44 bits per heavy atom. The molecular weight excluding hydrogens is 204 g/mol. The Labute approximate surface area is 95.9 Å². The second kappa shape index (κ2) is 3.81. The van der Waals surface area contributed by atoms with Gasteiger partial charge in [-0.05, 0) is 25.3 Å². The van der Waals surface area contributed by atoms with E-state index in [1.165, 1.54) is 6.08 Å². The minimum atomic E-state index is -0.376. The van der Waals surface area contributed by atoms with E-state index in [9.17, 15) is 9.59 Å². The zero-order chi connectivity index (χ0) is 11.9. The third-order valence-corrected chi connectivity index (χ3v) is 3.78. The van der Waals surface area contributed by atoms with Crippen molar-refractivity contribution in [1.82, 2.24) is 0 Å². The summed E-state index contributed by atoms with van der Waals surface area (Å²) in [7, 11) is 0. The van der Waals surface area contributed by atoms with Crippen LogP contribution >= 0.6 is 0 Å². The van der Waals surface area contributed by atoms with Gasteiger partial charge in [-0.1, -0.05) is 13.8 Å². The molecule has 0 radical (unpaired) electrons. The lowest BCUT2D eigenvalue weighted by Gasteiger charge is -2.42. The minimum Gasteiger partial charge on any atom is -0.366 e. The Balaban J connectivity index is 2.28. The SMILES string of the molecule is CC(C)C1(C)CC(=O)C2=CC(=O)CCC2O1. The van der Waals surface area contributed by atoms with E-state index in [1.807, 2.05) is 6.92 Å². The highest BCUT2D eigenvalue weighted by molar-refractivity contribution is 6.05. The molecule has 1 aliphatic heterocycles. The lowest BCUT2D eigenvalue weighted by molar-refractivity contribution is -0.151. The number of carbonyl (C=O) groups excluding carboxylic acids is 2. The van der Waals surface area contributed by atoms with Gasteiger partial charge in [-0.3, -0.25) is 9.59 Å². The summed E-state index contributed by atoms with van der Waals surface area (Å²) in [6.07, 6.45) is 2.86. The summed E-state index contributed by atoms with van der Waals surface area (Å²) in [4.78, 5) is 23.3. The van der Waals surface area contributed by atoms with E-state index in [0.717, 1.165) is 0 Å². The van der Waals surface area contributed by atoms with E-state index in [0.29, 0.717) is 30.8 Å². The predicted octanol–water partition coefficient (Wildman–Crippen LogP) is 2.05. The van der Waals surface area contributed by atoms with Crippen molar-refractivity contribution in [2.75, 3.05) is 0 Å². The van der Waals surface area contributed by atoms with Crippen LogP contribution < -0.4 is 0 Å². The van der Waals surface area contributed by atoms with Crippen LogP contribution in [0.1, 0.15) is 40.0 Å². The molecule has 2 unspecified atom stereocenters. The maximum Gasteiger partial charge on any atom is 0.164 e. The zero-order valence-corrected chi connectivity index (χ0v) is 10.1. The summed E-state index contributed by atoms with van der Waals surface area (Å²) < 4.78 is 6.02. The van der Waals surface area contributed by atoms with Crippen molar-refractivity contribution in [1.29, 1.82) is 0 Å². The van der Waals surface area contributed by atoms with Gasteiger partial charge in [0, 0.05) is 18.4 Å². The number of fused-ring (bicyclic) bond motifs is 1. The third kappa shape index (κ3) is 1.84. The molecule has 88 valence electrons. The highest BCUT2D eigenvalue weighted by atomic mass is 16.5. The van der Waals surface area contributed by atoms with Crippen molar-refractivity contribution in [2.24, 2.45) is 5.92 Å². The Morgan fingerprint density at radius 2 is 2.12 bits per heavy atom. The topological polar surface area (TPSA) is 43.4 Å². The molecule has 3 heteroatoms. The van der Waals surface area contributed by atoms with Gasteiger partial charge in [-0.15, -0.1) is 0 Å². The number of carbonyl (C=O) groups is 2. The van der Waals surface area contributed by atoms with E-state index >= 15 is 0 Å². The first-order chi connectivity index (χ1) is 7.42. The molecule has 0 N–H and O–H groups in total. The smallest absolute Gasteiger partial charge is 0.164 e. The maximum absolute atomic E-state index is 12.0. The molecule has 0 aromatic heterocycles. The van der Waals surface area contributed by atoms with Gasteiger partial charge in [0.25, 0.3) is 0 Å². The van der Waals surface area contributed by atoms with Gasteiger partial charge in [0.15, 0.2) is 11.6 Å². The fourth-order valence-corrected chi connectivity index (χ4v) is 2.28. The van der Waals surface area contributed by atoms with Crippen LogP contribution in [0.25, 0.3) is 0 Å². The highest BCUT2D eigenvalue weighted by Crippen LogP contribution is 2.38. The fourth-order valence-electron chi connectivity index (χ4n) is 2.28. The van der Waals surface area contributed by atoms with Crippen molar-refractivity contribution in [3.63, 3.8) is 0 Å². The first-order valence-electron chi connectivity index (χ1n) is 5.88. The molecule has 2 rings (SSSR count). The molecule has 0 bridgehead atoms. The molecule has 2 aliphatic rings. The molecule has 2 atom stereocenters. The average molecular weight is 222 g/mol. The van der Waals surface area contributed by atoms with Crippen LogP contribution in [0.15, 0.2) is 11.6 Å². The molecule has 0 aromatic rings. The van der Waals surface area contributed by atoms with Gasteiger partial charge in [0.05, 0.1) is 11.7 Å². The number of Topliss-reactive ketones (excluding diaryl/α,β-unsaturated/α-hetero) is 1. The second-order valence-electron chi connectivity index (χ2n) is 5.28. The van der Waals surface area contributed by atoms with Crippen molar-refractivity contribution in [2.45, 2.75) is 51.7 Å². The predicted molar refractivity (Wildman–Crippen MR) is 60.1 cm³/mol. The van der Waals surface area contributed by atoms with Gasteiger partial charge in [0.2, 0.25) is 0 Å². The van der Waals surface area contributed by atoms with Crippen molar-refractivity contribution in [3.05, 3.63) is 11.6 Å². The van der Waals surface area contributed by atoms with Crippen LogP contribution in [0.5, 0.6) is 0 Å². The van der Waals surface area contributed by atoms with Crippen molar-refractivity contribution < 1.29 is 14.3 Å². The number of ether oxygens (including phenoxy) is 1. The van der Waals surface area contributed by atoms with E-state index in [1.54, 1.807) is 0 Å². The summed E-state index contributed by atoms with van der Waals surface area (Å²) >= 11 is 0. The summed E-state index contributed by atoms with van der Waals surface area (Å²) in [6, 6.07) is 0. The monoisotopic (exact) mass is 222 g/mol. The van der Waals surface area contributed by atoms with Gasteiger partial charge < -0.3 is 4.74 Å². The van der Waals surface area contributed by atoms with Crippen LogP contribution in [0.3, 0.4) is 0 Å². The number of allylic oxidation sites excluding steroid dienone is 1. The molecule has 0 saturated carbocycles. The molecule has 16 heavy (non-hydrogen) atoms. The summed E-state index contributed by atoms with van der Waals surface area (Å²) in [6.45, 7) is 6.12. The van der Waals surface area contributed by atoms with Gasteiger partial charge in [0.1, 0.15) is 0 Å². The fraction of sp³-hybridized carbons (Fsp3) is 0.692. The molecule has 1 fully saturated rings.